The molecule has 0 bridgehead atoms. The summed E-state index contributed by atoms with van der Waals surface area (Å²) in [5, 5.41) is 20.6. The molecule has 2 rings (SSSR count). The van der Waals surface area contributed by atoms with E-state index in [1.165, 1.54) is 0 Å². The van der Waals surface area contributed by atoms with Gasteiger partial charge in [0, 0.05) is 50.7 Å². The lowest BCUT2D eigenvalue weighted by Crippen LogP contribution is -1.99. The fourth-order valence-electron chi connectivity index (χ4n) is 2.77. The topological polar surface area (TPSA) is 86.6 Å². The van der Waals surface area contributed by atoms with Crippen molar-refractivity contribution in [2.45, 2.75) is 26.4 Å². The fourth-order valence-corrected chi connectivity index (χ4v) is 2.77. The predicted molar refractivity (Wildman–Crippen MR) is 99.1 cm³/mol. The Morgan fingerprint density at radius 3 is 1.04 bits per heavy atom. The Hall–Kier alpha value is -2.32. The molecule has 0 saturated heterocycles. The Morgan fingerprint density at radius 1 is 0.556 bits per heavy atom. The van der Waals surface area contributed by atoms with E-state index in [9.17, 15) is 10.2 Å². The van der Waals surface area contributed by atoms with Crippen molar-refractivity contribution in [3.05, 3.63) is 46.5 Å². The van der Waals surface area contributed by atoms with Gasteiger partial charge < -0.3 is 33.9 Å². The molecule has 0 spiro atoms. The van der Waals surface area contributed by atoms with Crippen LogP contribution in [0.2, 0.25) is 0 Å². The zero-order chi connectivity index (χ0) is 19.8. The molecular weight excluding hydrogens is 352 g/mol. The highest BCUT2D eigenvalue weighted by Crippen LogP contribution is 2.35. The summed E-state index contributed by atoms with van der Waals surface area (Å²) in [6, 6.07) is 6.82. The van der Waals surface area contributed by atoms with Crippen LogP contribution in [0.5, 0.6) is 23.0 Å². The van der Waals surface area contributed by atoms with E-state index in [-0.39, 0.29) is 37.9 Å². The van der Waals surface area contributed by atoms with E-state index < -0.39 is 0 Å². The molecule has 0 unspecified atom stereocenters. The summed E-state index contributed by atoms with van der Waals surface area (Å²) in [6.45, 7) is 0.941. The highest BCUT2D eigenvalue weighted by molar-refractivity contribution is 5.50. The number of rotatable bonds is 10. The number of hydrogen-bond donors (Lipinski definition) is 2. The van der Waals surface area contributed by atoms with Crippen molar-refractivity contribution in [2.75, 3.05) is 28.4 Å². The number of hydrogen-bond acceptors (Lipinski definition) is 7. The molecule has 148 valence electrons. The molecule has 0 aliphatic carbocycles. The van der Waals surface area contributed by atoms with Crippen LogP contribution < -0.4 is 4.74 Å². The Bertz CT molecular complexity index is 640. The molecule has 0 amide bonds. The highest BCUT2D eigenvalue weighted by atomic mass is 16.5. The average Bonchev–Trinajstić information content (AvgIpc) is 2.63. The predicted octanol–water partition coefficient (Wildman–Crippen LogP) is 3.48. The molecule has 2 N–H and O–H groups in total. The largest absolute Gasteiger partial charge is 0.507 e. The molecular formula is C20H26O7. The lowest BCUT2D eigenvalue weighted by molar-refractivity contribution is 0.173. The van der Waals surface area contributed by atoms with Crippen molar-refractivity contribution in [1.82, 2.24) is 0 Å². The van der Waals surface area contributed by atoms with Crippen molar-refractivity contribution in [2.24, 2.45) is 0 Å². The van der Waals surface area contributed by atoms with Crippen LogP contribution in [-0.4, -0.2) is 38.7 Å². The van der Waals surface area contributed by atoms with Gasteiger partial charge in [-0.1, -0.05) is 0 Å². The molecule has 0 aromatic heterocycles. The smallest absolute Gasteiger partial charge is 0.128 e. The van der Waals surface area contributed by atoms with E-state index in [2.05, 4.69) is 0 Å². The van der Waals surface area contributed by atoms with Gasteiger partial charge in [-0.05, 0) is 24.3 Å². The van der Waals surface area contributed by atoms with Crippen molar-refractivity contribution >= 4 is 0 Å². The van der Waals surface area contributed by atoms with E-state index in [0.29, 0.717) is 33.8 Å². The molecule has 0 heterocycles. The molecule has 7 nitrogen and oxygen atoms in total. The molecule has 2 aromatic rings. The van der Waals surface area contributed by atoms with Gasteiger partial charge in [-0.2, -0.15) is 0 Å². The van der Waals surface area contributed by atoms with E-state index in [1.54, 1.807) is 52.7 Å². The monoisotopic (exact) mass is 378 g/mol. The van der Waals surface area contributed by atoms with Gasteiger partial charge in [0.25, 0.3) is 0 Å². The standard InChI is InChI=1S/C20H26O7/c1-23-9-13-5-17(6-14(10-24-2)19(13)21)27-18-7-15(11-25-3)20(22)16(8-18)12-26-4/h5-8,21-22H,9-12H2,1-4H3. The quantitative estimate of drug-likeness (QED) is 0.654. The van der Waals surface area contributed by atoms with Crippen LogP contribution in [0.15, 0.2) is 24.3 Å². The second-order valence-electron chi connectivity index (χ2n) is 6.01. The van der Waals surface area contributed by atoms with E-state index in [1.807, 2.05) is 0 Å². The second kappa shape index (κ2) is 10.1. The number of phenols is 2. The van der Waals surface area contributed by atoms with Crippen LogP contribution in [0.4, 0.5) is 0 Å². The molecule has 27 heavy (non-hydrogen) atoms. The van der Waals surface area contributed by atoms with Gasteiger partial charge in [0.2, 0.25) is 0 Å². The van der Waals surface area contributed by atoms with Gasteiger partial charge in [-0.15, -0.1) is 0 Å². The Balaban J connectivity index is 2.42. The lowest BCUT2D eigenvalue weighted by atomic mass is 10.1. The van der Waals surface area contributed by atoms with Gasteiger partial charge in [-0.25, -0.2) is 0 Å². The molecule has 0 fully saturated rings. The van der Waals surface area contributed by atoms with E-state index in [0.717, 1.165) is 0 Å². The van der Waals surface area contributed by atoms with Gasteiger partial charge in [-0.3, -0.25) is 0 Å². The highest BCUT2D eigenvalue weighted by Gasteiger charge is 2.14. The van der Waals surface area contributed by atoms with Gasteiger partial charge >= 0.3 is 0 Å². The summed E-state index contributed by atoms with van der Waals surface area (Å²) in [7, 11) is 6.21. The number of methoxy groups -OCH3 is 4. The number of benzene rings is 2. The van der Waals surface area contributed by atoms with E-state index >= 15 is 0 Å². The second-order valence-corrected chi connectivity index (χ2v) is 6.01. The third kappa shape index (κ3) is 5.33. The minimum absolute atomic E-state index is 0.122. The first-order valence-corrected chi connectivity index (χ1v) is 8.37. The first-order chi connectivity index (χ1) is 13.0. The third-order valence-electron chi connectivity index (χ3n) is 3.92. The van der Waals surface area contributed by atoms with Crippen LogP contribution in [0.25, 0.3) is 0 Å². The van der Waals surface area contributed by atoms with Crippen LogP contribution in [0.1, 0.15) is 22.3 Å². The van der Waals surface area contributed by atoms with Crippen molar-refractivity contribution in [3.8, 4) is 23.0 Å². The van der Waals surface area contributed by atoms with E-state index in [4.69, 9.17) is 23.7 Å². The van der Waals surface area contributed by atoms with Crippen LogP contribution in [-0.2, 0) is 45.4 Å². The molecule has 7 heteroatoms. The Labute approximate surface area is 159 Å². The lowest BCUT2D eigenvalue weighted by Gasteiger charge is -2.16. The molecule has 0 atom stereocenters. The molecule has 0 aliphatic heterocycles. The summed E-state index contributed by atoms with van der Waals surface area (Å²) in [5.74, 6) is 1.28. The number of aromatic hydroxyl groups is 2. The number of ether oxygens (including phenoxy) is 5. The van der Waals surface area contributed by atoms with Crippen molar-refractivity contribution in [3.63, 3.8) is 0 Å². The maximum absolute atomic E-state index is 10.3. The van der Waals surface area contributed by atoms with Crippen LogP contribution >= 0.6 is 0 Å². The summed E-state index contributed by atoms with van der Waals surface area (Å²) in [5.41, 5.74) is 2.37. The minimum atomic E-state index is 0.122. The van der Waals surface area contributed by atoms with Crippen LogP contribution in [0.3, 0.4) is 0 Å². The SMILES string of the molecule is COCc1cc(Oc2cc(COC)c(O)c(COC)c2)cc(COC)c1O. The molecule has 0 aliphatic rings. The van der Waals surface area contributed by atoms with Crippen molar-refractivity contribution < 1.29 is 33.9 Å². The molecule has 0 radical (unpaired) electrons. The fraction of sp³-hybridized carbons (Fsp3) is 0.400. The number of phenolic OH excluding ortho intramolecular Hbond substituents is 2. The summed E-state index contributed by atoms with van der Waals surface area (Å²) < 4.78 is 26.6. The molecule has 2 aromatic carbocycles. The normalized spacial score (nSPS) is 11.0. The Morgan fingerprint density at radius 2 is 0.815 bits per heavy atom. The first-order valence-electron chi connectivity index (χ1n) is 8.37. The Kier molecular flexibility index (Phi) is 7.87. The maximum atomic E-state index is 10.3. The first kappa shape index (κ1) is 21.0. The third-order valence-corrected chi connectivity index (χ3v) is 3.92. The van der Waals surface area contributed by atoms with Crippen molar-refractivity contribution in [1.29, 1.82) is 0 Å². The minimum Gasteiger partial charge on any atom is -0.507 e. The summed E-state index contributed by atoms with van der Waals surface area (Å²) >= 11 is 0. The van der Waals surface area contributed by atoms with Gasteiger partial charge in [0.05, 0.1) is 26.4 Å². The van der Waals surface area contributed by atoms with Gasteiger partial charge in [0.1, 0.15) is 23.0 Å². The van der Waals surface area contributed by atoms with Gasteiger partial charge in [0.15, 0.2) is 0 Å². The molecule has 0 saturated carbocycles. The maximum Gasteiger partial charge on any atom is 0.128 e. The summed E-state index contributed by atoms with van der Waals surface area (Å²) in [6.07, 6.45) is 0. The zero-order valence-corrected chi connectivity index (χ0v) is 16.1. The zero-order valence-electron chi connectivity index (χ0n) is 16.1. The average molecular weight is 378 g/mol. The summed E-state index contributed by atoms with van der Waals surface area (Å²) in [4.78, 5) is 0. The van der Waals surface area contributed by atoms with Crippen LogP contribution in [0, 0.1) is 0 Å².